The predicted octanol–water partition coefficient (Wildman–Crippen LogP) is 3.09. The molecule has 0 saturated heterocycles. The first-order valence-electron chi connectivity index (χ1n) is 5.25. The molecular weight excluding hydrogens is 245 g/mol. The van der Waals surface area contributed by atoms with Gasteiger partial charge in [-0.25, -0.2) is 4.39 Å². The third kappa shape index (κ3) is 3.60. The van der Waals surface area contributed by atoms with Gasteiger partial charge in [0.05, 0.1) is 18.1 Å². The normalized spacial score (nSPS) is 13.9. The van der Waals surface area contributed by atoms with E-state index in [1.165, 1.54) is 19.2 Å². The molecule has 94 valence electrons. The Morgan fingerprint density at radius 2 is 2.12 bits per heavy atom. The summed E-state index contributed by atoms with van der Waals surface area (Å²) in [6.07, 6.45) is 0. The van der Waals surface area contributed by atoms with E-state index in [0.717, 1.165) is 0 Å². The molecule has 0 fully saturated rings. The summed E-state index contributed by atoms with van der Waals surface area (Å²) >= 11 is 5.66. The Morgan fingerprint density at radius 3 is 2.65 bits per heavy atom. The van der Waals surface area contributed by atoms with Gasteiger partial charge >= 0.3 is 5.97 Å². The van der Waals surface area contributed by atoms with Crippen LogP contribution in [-0.2, 0) is 9.53 Å². The van der Waals surface area contributed by atoms with Crippen molar-refractivity contribution in [2.24, 2.45) is 5.92 Å². The smallest absolute Gasteiger partial charge is 0.310 e. The van der Waals surface area contributed by atoms with E-state index in [4.69, 9.17) is 11.6 Å². The second kappa shape index (κ2) is 5.87. The van der Waals surface area contributed by atoms with E-state index in [-0.39, 0.29) is 23.0 Å². The first kappa shape index (κ1) is 13.8. The van der Waals surface area contributed by atoms with Crippen molar-refractivity contribution in [3.8, 4) is 0 Å². The largest absolute Gasteiger partial charge is 0.469 e. The number of carbonyl (C=O) groups excluding carboxylic acids is 1. The Morgan fingerprint density at radius 1 is 1.47 bits per heavy atom. The zero-order valence-corrected chi connectivity index (χ0v) is 10.7. The minimum atomic E-state index is -0.467. The average molecular weight is 260 g/mol. The van der Waals surface area contributed by atoms with Crippen LogP contribution in [0.2, 0.25) is 5.02 Å². The monoisotopic (exact) mass is 259 g/mol. The maximum atomic E-state index is 12.9. The van der Waals surface area contributed by atoms with Crippen LogP contribution in [0.25, 0.3) is 0 Å². The van der Waals surface area contributed by atoms with E-state index in [2.05, 4.69) is 10.1 Å². The van der Waals surface area contributed by atoms with Crippen LogP contribution in [0.4, 0.5) is 10.1 Å². The lowest BCUT2D eigenvalue weighted by Gasteiger charge is -2.20. The number of rotatable bonds is 4. The Bertz CT molecular complexity index is 411. The summed E-state index contributed by atoms with van der Waals surface area (Å²) in [5.74, 6) is -1.06. The molecule has 0 heterocycles. The molecule has 3 nitrogen and oxygen atoms in total. The predicted molar refractivity (Wildman–Crippen MR) is 65.7 cm³/mol. The van der Waals surface area contributed by atoms with Crippen LogP contribution >= 0.6 is 11.6 Å². The molecule has 1 rings (SSSR count). The van der Waals surface area contributed by atoms with Crippen molar-refractivity contribution in [1.82, 2.24) is 0 Å². The maximum absolute atomic E-state index is 12.9. The molecule has 0 radical (unpaired) electrons. The fraction of sp³-hybridized carbons (Fsp3) is 0.417. The van der Waals surface area contributed by atoms with Crippen LogP contribution in [0.3, 0.4) is 0 Å². The number of hydrogen-bond donors (Lipinski definition) is 1. The fourth-order valence-electron chi connectivity index (χ4n) is 1.36. The first-order chi connectivity index (χ1) is 7.95. The Hall–Kier alpha value is -1.29. The number of carbonyl (C=O) groups is 1. The van der Waals surface area contributed by atoms with Gasteiger partial charge in [-0.2, -0.15) is 0 Å². The van der Waals surface area contributed by atoms with Gasteiger partial charge < -0.3 is 10.1 Å². The number of hydrogen-bond acceptors (Lipinski definition) is 3. The summed E-state index contributed by atoms with van der Waals surface area (Å²) in [5, 5.41) is 3.12. The lowest BCUT2D eigenvalue weighted by molar-refractivity contribution is -0.145. The molecule has 0 aliphatic carbocycles. The van der Waals surface area contributed by atoms with E-state index in [0.29, 0.717) is 5.69 Å². The zero-order valence-electron chi connectivity index (χ0n) is 9.96. The van der Waals surface area contributed by atoms with E-state index in [1.54, 1.807) is 13.0 Å². The Labute approximate surface area is 105 Å². The number of halogens is 2. The number of anilines is 1. The van der Waals surface area contributed by atoms with Crippen LogP contribution in [0.5, 0.6) is 0 Å². The highest BCUT2D eigenvalue weighted by molar-refractivity contribution is 6.31. The highest BCUT2D eigenvalue weighted by atomic mass is 35.5. The topological polar surface area (TPSA) is 38.3 Å². The number of ether oxygens (including phenoxy) is 1. The number of nitrogens with one attached hydrogen (secondary N) is 1. The van der Waals surface area contributed by atoms with E-state index >= 15 is 0 Å². The number of benzene rings is 1. The molecule has 0 saturated carbocycles. The second-order valence-corrected chi connectivity index (χ2v) is 4.28. The standard InChI is InChI=1S/C12H15ClFNO2/c1-7(12(16)17-3)8(2)15-9-4-5-11(14)10(13)6-9/h4-8,15H,1-3H3. The summed E-state index contributed by atoms with van der Waals surface area (Å²) < 4.78 is 17.6. The third-order valence-electron chi connectivity index (χ3n) is 2.64. The molecule has 2 atom stereocenters. The molecular formula is C12H15ClFNO2. The van der Waals surface area contributed by atoms with Gasteiger partial charge in [0.25, 0.3) is 0 Å². The Kier molecular flexibility index (Phi) is 4.75. The van der Waals surface area contributed by atoms with Crippen molar-refractivity contribution in [3.63, 3.8) is 0 Å². The molecule has 0 spiro atoms. The summed E-state index contributed by atoms with van der Waals surface area (Å²) in [4.78, 5) is 11.3. The minimum Gasteiger partial charge on any atom is -0.469 e. The van der Waals surface area contributed by atoms with Gasteiger partial charge in [0, 0.05) is 11.7 Å². The van der Waals surface area contributed by atoms with E-state index in [9.17, 15) is 9.18 Å². The van der Waals surface area contributed by atoms with Gasteiger partial charge in [0.1, 0.15) is 5.82 Å². The van der Waals surface area contributed by atoms with E-state index < -0.39 is 5.82 Å². The quantitative estimate of drug-likeness (QED) is 0.845. The van der Waals surface area contributed by atoms with Crippen LogP contribution < -0.4 is 5.32 Å². The van der Waals surface area contributed by atoms with Crippen LogP contribution in [0.15, 0.2) is 18.2 Å². The highest BCUT2D eigenvalue weighted by Gasteiger charge is 2.20. The molecule has 17 heavy (non-hydrogen) atoms. The number of esters is 1. The molecule has 0 aliphatic heterocycles. The molecule has 0 amide bonds. The minimum absolute atomic E-state index is 0.0490. The van der Waals surface area contributed by atoms with Crippen LogP contribution in [-0.4, -0.2) is 19.1 Å². The lowest BCUT2D eigenvalue weighted by Crippen LogP contribution is -2.30. The van der Waals surface area contributed by atoms with Gasteiger partial charge in [-0.3, -0.25) is 4.79 Å². The average Bonchev–Trinajstić information content (AvgIpc) is 2.31. The lowest BCUT2D eigenvalue weighted by atomic mass is 10.0. The van der Waals surface area contributed by atoms with Crippen LogP contribution in [0.1, 0.15) is 13.8 Å². The third-order valence-corrected chi connectivity index (χ3v) is 2.93. The Balaban J connectivity index is 2.70. The molecule has 1 aromatic rings. The molecule has 2 unspecified atom stereocenters. The van der Waals surface area contributed by atoms with Crippen molar-refractivity contribution in [1.29, 1.82) is 0 Å². The van der Waals surface area contributed by atoms with Gasteiger partial charge in [-0.15, -0.1) is 0 Å². The zero-order chi connectivity index (χ0) is 13.0. The molecule has 5 heteroatoms. The summed E-state index contributed by atoms with van der Waals surface area (Å²) in [6, 6.07) is 4.20. The van der Waals surface area contributed by atoms with Crippen molar-refractivity contribution in [2.75, 3.05) is 12.4 Å². The highest BCUT2D eigenvalue weighted by Crippen LogP contribution is 2.21. The summed E-state index contributed by atoms with van der Waals surface area (Å²) in [6.45, 7) is 3.60. The second-order valence-electron chi connectivity index (χ2n) is 3.87. The fourth-order valence-corrected chi connectivity index (χ4v) is 1.54. The first-order valence-corrected chi connectivity index (χ1v) is 5.63. The van der Waals surface area contributed by atoms with Crippen molar-refractivity contribution >= 4 is 23.3 Å². The van der Waals surface area contributed by atoms with Gasteiger partial charge in [-0.05, 0) is 32.0 Å². The SMILES string of the molecule is COC(=O)C(C)C(C)Nc1ccc(F)c(Cl)c1. The van der Waals surface area contributed by atoms with Crippen LogP contribution in [0, 0.1) is 11.7 Å². The maximum Gasteiger partial charge on any atom is 0.310 e. The summed E-state index contributed by atoms with van der Waals surface area (Å²) in [5.41, 5.74) is 0.666. The van der Waals surface area contributed by atoms with E-state index in [1.807, 2.05) is 6.92 Å². The molecule has 1 aromatic carbocycles. The van der Waals surface area contributed by atoms with Crippen molar-refractivity contribution in [3.05, 3.63) is 29.0 Å². The summed E-state index contributed by atoms with van der Waals surface area (Å²) in [7, 11) is 1.35. The van der Waals surface area contributed by atoms with Crippen molar-refractivity contribution in [2.45, 2.75) is 19.9 Å². The number of methoxy groups -OCH3 is 1. The van der Waals surface area contributed by atoms with Gasteiger partial charge in [0.15, 0.2) is 0 Å². The molecule has 0 aliphatic rings. The molecule has 1 N–H and O–H groups in total. The molecule has 0 bridgehead atoms. The van der Waals surface area contributed by atoms with Gasteiger partial charge in [0.2, 0.25) is 0 Å². The molecule has 0 aromatic heterocycles. The van der Waals surface area contributed by atoms with Gasteiger partial charge in [-0.1, -0.05) is 11.6 Å². The van der Waals surface area contributed by atoms with Crippen molar-refractivity contribution < 1.29 is 13.9 Å².